The van der Waals surface area contributed by atoms with Gasteiger partial charge < -0.3 is 4.74 Å². The Bertz CT molecular complexity index is 647. The van der Waals surface area contributed by atoms with Gasteiger partial charge in [-0.05, 0) is 41.8 Å². The largest absolute Gasteiger partial charge is 0.492 e. The van der Waals surface area contributed by atoms with Gasteiger partial charge in [0.2, 0.25) is 5.16 Å². The molecular formula is C14H15N5OS. The number of ether oxygens (including phenoxy) is 1. The van der Waals surface area contributed by atoms with Crippen molar-refractivity contribution in [2.45, 2.75) is 30.5 Å². The first kappa shape index (κ1) is 13.9. The maximum absolute atomic E-state index is 8.98. The van der Waals surface area contributed by atoms with Crippen molar-refractivity contribution in [2.75, 3.05) is 12.4 Å². The summed E-state index contributed by atoms with van der Waals surface area (Å²) in [6, 6.07) is 9.91. The Labute approximate surface area is 127 Å². The first-order chi connectivity index (χ1) is 10.4. The molecule has 1 saturated carbocycles. The van der Waals surface area contributed by atoms with Crippen LogP contribution in [0.2, 0.25) is 0 Å². The summed E-state index contributed by atoms with van der Waals surface area (Å²) in [5, 5.41) is 21.6. The highest BCUT2D eigenvalue weighted by Crippen LogP contribution is 2.36. The van der Waals surface area contributed by atoms with Gasteiger partial charge in [-0.1, -0.05) is 23.9 Å². The fraction of sp³-hybridized carbons (Fsp3) is 0.429. The number of rotatable bonds is 7. The quantitative estimate of drug-likeness (QED) is 0.577. The van der Waals surface area contributed by atoms with E-state index in [1.54, 1.807) is 17.8 Å². The second kappa shape index (κ2) is 6.59. The SMILES string of the molecule is N#Cc1ccccc1OCCCSc1nnnn1C1CC1. The number of nitriles is 1. The third-order valence-corrected chi connectivity index (χ3v) is 4.16. The molecule has 0 bridgehead atoms. The van der Waals surface area contributed by atoms with Crippen LogP contribution in [-0.2, 0) is 0 Å². The van der Waals surface area contributed by atoms with Crippen LogP contribution in [0.3, 0.4) is 0 Å². The predicted octanol–water partition coefficient (Wildman–Crippen LogP) is 2.44. The molecule has 7 heteroatoms. The molecule has 1 heterocycles. The zero-order valence-electron chi connectivity index (χ0n) is 11.5. The van der Waals surface area contributed by atoms with E-state index in [1.807, 2.05) is 22.9 Å². The van der Waals surface area contributed by atoms with Crippen LogP contribution in [0, 0.1) is 11.3 Å². The fourth-order valence-corrected chi connectivity index (χ4v) is 2.78. The van der Waals surface area contributed by atoms with Crippen LogP contribution in [0.1, 0.15) is 30.9 Å². The second-order valence-electron chi connectivity index (χ2n) is 4.80. The molecular weight excluding hydrogens is 286 g/mol. The Kier molecular flexibility index (Phi) is 4.36. The van der Waals surface area contributed by atoms with Crippen molar-refractivity contribution in [1.82, 2.24) is 20.2 Å². The summed E-state index contributed by atoms with van der Waals surface area (Å²) in [5.41, 5.74) is 0.572. The van der Waals surface area contributed by atoms with Gasteiger partial charge in [0.15, 0.2) is 0 Å². The maximum Gasteiger partial charge on any atom is 0.209 e. The van der Waals surface area contributed by atoms with E-state index in [1.165, 1.54) is 12.8 Å². The molecule has 1 aromatic carbocycles. The van der Waals surface area contributed by atoms with Gasteiger partial charge in [-0.15, -0.1) is 5.10 Å². The summed E-state index contributed by atoms with van der Waals surface area (Å²) in [5.74, 6) is 1.54. The minimum atomic E-state index is 0.501. The van der Waals surface area contributed by atoms with Gasteiger partial charge in [0.25, 0.3) is 0 Å². The zero-order chi connectivity index (χ0) is 14.5. The molecule has 21 heavy (non-hydrogen) atoms. The van der Waals surface area contributed by atoms with Crippen molar-refractivity contribution in [3.63, 3.8) is 0 Å². The first-order valence-electron chi connectivity index (χ1n) is 6.91. The molecule has 0 spiro atoms. The fourth-order valence-electron chi connectivity index (χ4n) is 1.92. The molecule has 108 valence electrons. The monoisotopic (exact) mass is 301 g/mol. The average molecular weight is 301 g/mol. The molecule has 0 saturated heterocycles. The lowest BCUT2D eigenvalue weighted by Gasteiger charge is -2.07. The van der Waals surface area contributed by atoms with Crippen LogP contribution in [-0.4, -0.2) is 32.6 Å². The lowest BCUT2D eigenvalue weighted by atomic mass is 10.2. The molecule has 1 aliphatic carbocycles. The van der Waals surface area contributed by atoms with Crippen LogP contribution in [0.15, 0.2) is 29.4 Å². The third-order valence-electron chi connectivity index (χ3n) is 3.14. The Morgan fingerprint density at radius 2 is 2.24 bits per heavy atom. The van der Waals surface area contributed by atoms with Gasteiger partial charge in [0, 0.05) is 5.75 Å². The number of benzene rings is 1. The molecule has 1 aromatic heterocycles. The molecule has 0 amide bonds. The van der Waals surface area contributed by atoms with Crippen LogP contribution in [0.25, 0.3) is 0 Å². The third kappa shape index (κ3) is 3.52. The summed E-state index contributed by atoms with van der Waals surface area (Å²) in [6.07, 6.45) is 3.22. The molecule has 0 N–H and O–H groups in total. The standard InChI is InChI=1S/C14H15N5OS/c15-10-11-4-1-2-5-13(11)20-8-3-9-21-14-16-17-18-19(14)12-6-7-12/h1-2,4-5,12H,3,6-9H2. The number of para-hydroxylation sites is 1. The second-order valence-corrected chi connectivity index (χ2v) is 5.86. The molecule has 1 fully saturated rings. The minimum absolute atomic E-state index is 0.501. The highest BCUT2D eigenvalue weighted by Gasteiger charge is 2.27. The van der Waals surface area contributed by atoms with Gasteiger partial charge in [-0.2, -0.15) is 5.26 Å². The molecule has 0 unspecified atom stereocenters. The van der Waals surface area contributed by atoms with Crippen LogP contribution in [0.4, 0.5) is 0 Å². The van der Waals surface area contributed by atoms with Crippen molar-refractivity contribution >= 4 is 11.8 Å². The van der Waals surface area contributed by atoms with E-state index in [-0.39, 0.29) is 0 Å². The van der Waals surface area contributed by atoms with Gasteiger partial charge in [-0.3, -0.25) is 0 Å². The minimum Gasteiger partial charge on any atom is -0.492 e. The highest BCUT2D eigenvalue weighted by atomic mass is 32.2. The number of hydrogen-bond donors (Lipinski definition) is 0. The van der Waals surface area contributed by atoms with Gasteiger partial charge in [-0.25, -0.2) is 4.68 Å². The number of nitrogens with zero attached hydrogens (tertiary/aromatic N) is 5. The lowest BCUT2D eigenvalue weighted by Crippen LogP contribution is -2.02. The maximum atomic E-state index is 8.98. The van der Waals surface area contributed by atoms with Crippen LogP contribution in [0.5, 0.6) is 5.75 Å². The topological polar surface area (TPSA) is 76.6 Å². The van der Waals surface area contributed by atoms with E-state index in [4.69, 9.17) is 10.00 Å². The van der Waals surface area contributed by atoms with E-state index < -0.39 is 0 Å². The van der Waals surface area contributed by atoms with Crippen molar-refractivity contribution in [3.05, 3.63) is 29.8 Å². The van der Waals surface area contributed by atoms with E-state index in [0.717, 1.165) is 17.3 Å². The first-order valence-corrected chi connectivity index (χ1v) is 7.89. The number of aromatic nitrogens is 4. The molecule has 3 rings (SSSR count). The van der Waals surface area contributed by atoms with Gasteiger partial charge >= 0.3 is 0 Å². The molecule has 0 atom stereocenters. The molecule has 1 aliphatic rings. The Hall–Kier alpha value is -2.07. The van der Waals surface area contributed by atoms with Gasteiger partial charge in [0.05, 0.1) is 18.2 Å². The normalized spacial score (nSPS) is 13.9. The Morgan fingerprint density at radius 1 is 1.38 bits per heavy atom. The van der Waals surface area contributed by atoms with Crippen LogP contribution < -0.4 is 4.74 Å². The molecule has 6 nitrogen and oxygen atoms in total. The van der Waals surface area contributed by atoms with Gasteiger partial charge in [0.1, 0.15) is 11.8 Å². The molecule has 0 radical (unpaired) electrons. The Morgan fingerprint density at radius 3 is 3.05 bits per heavy atom. The average Bonchev–Trinajstić information content (AvgIpc) is 3.26. The number of tetrazole rings is 1. The zero-order valence-corrected chi connectivity index (χ0v) is 12.3. The summed E-state index contributed by atoms with van der Waals surface area (Å²) < 4.78 is 7.56. The van der Waals surface area contributed by atoms with Crippen LogP contribution >= 0.6 is 11.8 Å². The smallest absolute Gasteiger partial charge is 0.209 e. The predicted molar refractivity (Wildman–Crippen MR) is 78.1 cm³/mol. The highest BCUT2D eigenvalue weighted by molar-refractivity contribution is 7.99. The summed E-state index contributed by atoms with van der Waals surface area (Å²) >= 11 is 1.65. The Balaban J connectivity index is 1.42. The van der Waals surface area contributed by atoms with E-state index in [2.05, 4.69) is 21.6 Å². The summed E-state index contributed by atoms with van der Waals surface area (Å²) in [6.45, 7) is 0.580. The van der Waals surface area contributed by atoms with E-state index in [0.29, 0.717) is 24.0 Å². The lowest BCUT2D eigenvalue weighted by molar-refractivity contribution is 0.318. The van der Waals surface area contributed by atoms with Crippen molar-refractivity contribution in [1.29, 1.82) is 5.26 Å². The van der Waals surface area contributed by atoms with Crippen molar-refractivity contribution in [3.8, 4) is 11.8 Å². The van der Waals surface area contributed by atoms with E-state index in [9.17, 15) is 0 Å². The van der Waals surface area contributed by atoms with Crippen molar-refractivity contribution in [2.24, 2.45) is 0 Å². The molecule has 0 aliphatic heterocycles. The van der Waals surface area contributed by atoms with E-state index >= 15 is 0 Å². The number of thioether (sulfide) groups is 1. The number of hydrogen-bond acceptors (Lipinski definition) is 6. The summed E-state index contributed by atoms with van der Waals surface area (Å²) in [4.78, 5) is 0. The van der Waals surface area contributed by atoms with Crippen molar-refractivity contribution < 1.29 is 4.74 Å². The molecule has 2 aromatic rings. The summed E-state index contributed by atoms with van der Waals surface area (Å²) in [7, 11) is 0.